The molecule has 0 rings (SSSR count). The van der Waals surface area contributed by atoms with E-state index in [1.807, 2.05) is 19.9 Å². The second-order valence-corrected chi connectivity index (χ2v) is 7.54. The molecule has 0 saturated heterocycles. The van der Waals surface area contributed by atoms with E-state index in [2.05, 4.69) is 19.6 Å². The number of rotatable bonds is 2. The van der Waals surface area contributed by atoms with E-state index >= 15 is 0 Å². The normalized spacial score (nSPS) is 13.7. The molecule has 0 amide bonds. The fraction of sp³-hybridized carbons (Fsp3) is 0.714. The van der Waals surface area contributed by atoms with Crippen LogP contribution in [0.4, 0.5) is 0 Å². The van der Waals surface area contributed by atoms with Gasteiger partial charge in [-0.2, -0.15) is 0 Å². The molecule has 0 atom stereocenters. The van der Waals surface area contributed by atoms with Crippen LogP contribution in [0.25, 0.3) is 0 Å². The predicted octanol–water partition coefficient (Wildman–Crippen LogP) is 2.76. The van der Waals surface area contributed by atoms with Crippen molar-refractivity contribution in [3.8, 4) is 0 Å². The van der Waals surface area contributed by atoms with Gasteiger partial charge in [0.05, 0.1) is 5.76 Å². The molecule has 0 heterocycles. The van der Waals surface area contributed by atoms with Crippen LogP contribution in [0.2, 0.25) is 19.6 Å². The Labute approximate surface area is 58.9 Å². The molecule has 54 valence electrons. The minimum absolute atomic E-state index is 1.05. The Balaban J connectivity index is 3.75. The van der Waals surface area contributed by atoms with Crippen LogP contribution < -0.4 is 0 Å². The van der Waals surface area contributed by atoms with Crippen LogP contribution >= 0.6 is 0 Å². The highest BCUT2D eigenvalue weighted by Crippen LogP contribution is 2.08. The molecular weight excluding hydrogens is 128 g/mol. The summed E-state index contributed by atoms with van der Waals surface area (Å²) in [6.07, 6.45) is 2.00. The maximum atomic E-state index is 5.59. The average molecular weight is 144 g/mol. The fourth-order valence-corrected chi connectivity index (χ4v) is 1.63. The third-order valence-corrected chi connectivity index (χ3v) is 1.81. The van der Waals surface area contributed by atoms with Crippen LogP contribution in [-0.2, 0) is 4.43 Å². The van der Waals surface area contributed by atoms with Crippen molar-refractivity contribution < 1.29 is 4.43 Å². The maximum Gasteiger partial charge on any atom is 0.241 e. The van der Waals surface area contributed by atoms with Crippen molar-refractivity contribution in [3.05, 3.63) is 11.8 Å². The van der Waals surface area contributed by atoms with Gasteiger partial charge in [-0.1, -0.05) is 6.08 Å². The summed E-state index contributed by atoms with van der Waals surface area (Å²) in [5, 5.41) is 0. The molecule has 0 aromatic carbocycles. The van der Waals surface area contributed by atoms with Gasteiger partial charge in [-0.25, -0.2) is 0 Å². The molecular formula is C7H16OSi. The Morgan fingerprint density at radius 1 is 1.33 bits per heavy atom. The molecule has 0 spiro atoms. The summed E-state index contributed by atoms with van der Waals surface area (Å²) in [4.78, 5) is 0. The van der Waals surface area contributed by atoms with E-state index in [4.69, 9.17) is 4.43 Å². The second kappa shape index (κ2) is 3.06. The van der Waals surface area contributed by atoms with E-state index in [1.54, 1.807) is 0 Å². The largest absolute Gasteiger partial charge is 0.548 e. The van der Waals surface area contributed by atoms with Gasteiger partial charge in [0.15, 0.2) is 0 Å². The van der Waals surface area contributed by atoms with Crippen LogP contribution in [0.15, 0.2) is 11.8 Å². The third-order valence-electron chi connectivity index (χ3n) is 0.874. The molecule has 0 aromatic rings. The molecule has 0 aliphatic heterocycles. The van der Waals surface area contributed by atoms with Crippen molar-refractivity contribution >= 4 is 8.32 Å². The molecule has 0 aliphatic carbocycles. The van der Waals surface area contributed by atoms with E-state index in [9.17, 15) is 0 Å². The lowest BCUT2D eigenvalue weighted by molar-refractivity contribution is 0.423. The van der Waals surface area contributed by atoms with E-state index in [0.717, 1.165) is 5.76 Å². The van der Waals surface area contributed by atoms with Crippen molar-refractivity contribution in [1.29, 1.82) is 0 Å². The van der Waals surface area contributed by atoms with Crippen LogP contribution in [0, 0.1) is 0 Å². The summed E-state index contributed by atoms with van der Waals surface area (Å²) >= 11 is 0. The summed E-state index contributed by atoms with van der Waals surface area (Å²) < 4.78 is 5.59. The van der Waals surface area contributed by atoms with Gasteiger partial charge in [0.25, 0.3) is 0 Å². The number of hydrogen-bond acceptors (Lipinski definition) is 1. The van der Waals surface area contributed by atoms with Crippen molar-refractivity contribution in [3.63, 3.8) is 0 Å². The Hall–Kier alpha value is -0.243. The van der Waals surface area contributed by atoms with Gasteiger partial charge in [0, 0.05) is 0 Å². The highest BCUT2D eigenvalue weighted by Gasteiger charge is 2.14. The van der Waals surface area contributed by atoms with E-state index in [1.165, 1.54) is 0 Å². The predicted molar refractivity (Wildman–Crippen MR) is 43.9 cm³/mol. The average Bonchev–Trinajstić information content (AvgIpc) is 1.62. The van der Waals surface area contributed by atoms with Crippen molar-refractivity contribution in [2.24, 2.45) is 0 Å². The standard InChI is InChI=1S/C7H16OSi/c1-6-7(2)8-9(3,4)5/h6H,1-5H3/b7-6-. The Morgan fingerprint density at radius 3 is 1.89 bits per heavy atom. The monoisotopic (exact) mass is 144 g/mol. The Kier molecular flexibility index (Phi) is 2.98. The first-order valence-electron chi connectivity index (χ1n) is 3.27. The minimum Gasteiger partial charge on any atom is -0.548 e. The summed E-state index contributed by atoms with van der Waals surface area (Å²) in [6.45, 7) is 10.5. The van der Waals surface area contributed by atoms with Gasteiger partial charge in [-0.05, 0) is 33.5 Å². The lowest BCUT2D eigenvalue weighted by Crippen LogP contribution is -2.23. The summed E-state index contributed by atoms with van der Waals surface area (Å²) in [7, 11) is -1.31. The van der Waals surface area contributed by atoms with Gasteiger partial charge in [0.2, 0.25) is 8.32 Å². The van der Waals surface area contributed by atoms with Crippen LogP contribution in [0.5, 0.6) is 0 Å². The lowest BCUT2D eigenvalue weighted by atomic mass is 10.5. The molecule has 0 bridgehead atoms. The zero-order valence-corrected chi connectivity index (χ0v) is 7.99. The molecule has 0 fully saturated rings. The van der Waals surface area contributed by atoms with Gasteiger partial charge in [-0.15, -0.1) is 0 Å². The molecule has 0 aliphatic rings. The highest BCUT2D eigenvalue weighted by molar-refractivity contribution is 6.70. The SMILES string of the molecule is C/C=C(/C)O[Si](C)(C)C. The molecule has 0 unspecified atom stereocenters. The second-order valence-electron chi connectivity index (χ2n) is 3.11. The summed E-state index contributed by atoms with van der Waals surface area (Å²) in [5.74, 6) is 1.05. The molecule has 2 heteroatoms. The van der Waals surface area contributed by atoms with Crippen molar-refractivity contribution in [2.75, 3.05) is 0 Å². The number of allylic oxidation sites excluding steroid dienone is 2. The van der Waals surface area contributed by atoms with Crippen molar-refractivity contribution in [1.82, 2.24) is 0 Å². The quantitative estimate of drug-likeness (QED) is 0.428. The first-order valence-corrected chi connectivity index (χ1v) is 6.68. The molecule has 0 radical (unpaired) electrons. The van der Waals surface area contributed by atoms with Crippen LogP contribution in [-0.4, -0.2) is 8.32 Å². The van der Waals surface area contributed by atoms with Gasteiger partial charge in [0.1, 0.15) is 0 Å². The van der Waals surface area contributed by atoms with E-state index in [0.29, 0.717) is 0 Å². The van der Waals surface area contributed by atoms with E-state index < -0.39 is 8.32 Å². The Bertz CT molecular complexity index is 111. The molecule has 0 N–H and O–H groups in total. The zero-order chi connectivity index (χ0) is 7.49. The van der Waals surface area contributed by atoms with Crippen LogP contribution in [0.1, 0.15) is 13.8 Å². The lowest BCUT2D eigenvalue weighted by Gasteiger charge is -2.18. The van der Waals surface area contributed by atoms with Crippen molar-refractivity contribution in [2.45, 2.75) is 33.5 Å². The maximum absolute atomic E-state index is 5.59. The smallest absolute Gasteiger partial charge is 0.241 e. The van der Waals surface area contributed by atoms with Gasteiger partial charge >= 0.3 is 0 Å². The third kappa shape index (κ3) is 5.63. The summed E-state index contributed by atoms with van der Waals surface area (Å²) in [5.41, 5.74) is 0. The van der Waals surface area contributed by atoms with Crippen LogP contribution in [0.3, 0.4) is 0 Å². The first kappa shape index (κ1) is 8.76. The fourth-order valence-electron chi connectivity index (χ4n) is 0.542. The number of hydrogen-bond donors (Lipinski definition) is 0. The highest BCUT2D eigenvalue weighted by atomic mass is 28.4. The molecule has 0 saturated carbocycles. The first-order chi connectivity index (χ1) is 3.95. The summed E-state index contributed by atoms with van der Waals surface area (Å²) in [6, 6.07) is 0. The topological polar surface area (TPSA) is 9.23 Å². The zero-order valence-electron chi connectivity index (χ0n) is 6.99. The molecule has 1 nitrogen and oxygen atoms in total. The van der Waals surface area contributed by atoms with Gasteiger partial charge < -0.3 is 4.43 Å². The molecule has 9 heavy (non-hydrogen) atoms. The minimum atomic E-state index is -1.31. The van der Waals surface area contributed by atoms with Gasteiger partial charge in [-0.3, -0.25) is 0 Å². The van der Waals surface area contributed by atoms with E-state index in [-0.39, 0.29) is 0 Å². The Morgan fingerprint density at radius 2 is 1.78 bits per heavy atom. The molecule has 0 aromatic heterocycles.